The zero-order valence-electron chi connectivity index (χ0n) is 31.0. The summed E-state index contributed by atoms with van der Waals surface area (Å²) in [6.07, 6.45) is 6.43. The third-order valence-electron chi connectivity index (χ3n) is 10.5. The van der Waals surface area contributed by atoms with Crippen molar-refractivity contribution in [1.29, 1.82) is 0 Å². The van der Waals surface area contributed by atoms with Gasteiger partial charge in [0.1, 0.15) is 12.1 Å². The number of carbonyl (C=O) groups excluding carboxylic acids is 1. The summed E-state index contributed by atoms with van der Waals surface area (Å²) in [6.45, 7) is 21.0. The van der Waals surface area contributed by atoms with Gasteiger partial charge in [0.25, 0.3) is 0 Å². The fourth-order valence-corrected chi connectivity index (χ4v) is 5.94. The number of aliphatic hydroxyl groups is 1. The molecule has 0 saturated heterocycles. The molecule has 0 bridgehead atoms. The maximum atomic E-state index is 12.2. The van der Waals surface area contributed by atoms with Gasteiger partial charge in [0.15, 0.2) is 5.78 Å². The number of hydrogen-bond donors (Lipinski definition) is 1. The summed E-state index contributed by atoms with van der Waals surface area (Å²) in [5, 5.41) is 13.6. The number of allylic oxidation sites excluding steroid dienone is 2. The van der Waals surface area contributed by atoms with Crippen LogP contribution in [0.2, 0.25) is 0 Å². The topological polar surface area (TPSA) is 63.1 Å². The van der Waals surface area contributed by atoms with Crippen molar-refractivity contribution in [3.63, 3.8) is 0 Å². The summed E-state index contributed by atoms with van der Waals surface area (Å²) in [6, 6.07) is 29.0. The summed E-state index contributed by atoms with van der Waals surface area (Å²) in [4.78, 5) is 21.5. The van der Waals surface area contributed by atoms with Gasteiger partial charge in [0, 0.05) is 42.4 Å². The molecular weight excluding hydrogens is 781 g/mol. The van der Waals surface area contributed by atoms with Crippen molar-refractivity contribution in [2.75, 3.05) is 0 Å². The Morgan fingerprint density at radius 1 is 0.796 bits per heavy atom. The molecule has 1 radical (unpaired) electrons. The van der Waals surface area contributed by atoms with Crippen LogP contribution in [0.25, 0.3) is 44.1 Å². The molecule has 1 heterocycles. The normalized spacial score (nSPS) is 12.3. The Hall–Kier alpha value is -3.66. The average molecular weight is 834 g/mol. The minimum atomic E-state index is -0.337. The van der Waals surface area contributed by atoms with Crippen LogP contribution in [0.5, 0.6) is 0 Å². The molecule has 1 N–H and O–H groups in total. The number of benzene rings is 4. The molecule has 261 valence electrons. The largest absolute Gasteiger partial charge is 0.512 e. The van der Waals surface area contributed by atoms with Crippen LogP contribution in [0.15, 0.2) is 91.0 Å². The molecule has 0 fully saturated rings. The molecule has 0 unspecified atom stereocenters. The second-order valence-corrected chi connectivity index (χ2v) is 14.6. The molecular formula is C44H53IrN2O2-. The van der Waals surface area contributed by atoms with E-state index in [9.17, 15) is 9.90 Å². The molecule has 4 nitrogen and oxygen atoms in total. The van der Waals surface area contributed by atoms with E-state index in [4.69, 9.17) is 4.98 Å². The minimum absolute atomic E-state index is 0. The van der Waals surface area contributed by atoms with E-state index in [0.717, 1.165) is 53.4 Å². The van der Waals surface area contributed by atoms with Crippen LogP contribution in [0.4, 0.5) is 0 Å². The fourth-order valence-electron chi connectivity index (χ4n) is 5.94. The molecule has 0 aliphatic heterocycles. The maximum absolute atomic E-state index is 12.2. The molecule has 0 aliphatic rings. The quantitative estimate of drug-likeness (QED) is 0.0695. The van der Waals surface area contributed by atoms with Crippen molar-refractivity contribution in [2.24, 2.45) is 10.8 Å². The molecule has 4 aromatic carbocycles. The number of aromatic nitrogens is 2. The molecule has 0 amide bonds. The van der Waals surface area contributed by atoms with Crippen molar-refractivity contribution in [2.45, 2.75) is 100 Å². The van der Waals surface area contributed by atoms with Crippen molar-refractivity contribution in [3.8, 4) is 22.4 Å². The number of rotatable bonds is 9. The first-order valence-corrected chi connectivity index (χ1v) is 17.4. The first kappa shape index (κ1) is 39.8. The van der Waals surface area contributed by atoms with E-state index in [1.807, 2.05) is 53.7 Å². The molecule has 1 aromatic heterocycles. The van der Waals surface area contributed by atoms with Crippen LogP contribution in [-0.4, -0.2) is 20.9 Å². The van der Waals surface area contributed by atoms with Crippen molar-refractivity contribution in [3.05, 3.63) is 108 Å². The Bertz CT molecular complexity index is 1910. The van der Waals surface area contributed by atoms with Crippen molar-refractivity contribution in [1.82, 2.24) is 9.97 Å². The van der Waals surface area contributed by atoms with Crippen LogP contribution in [0.1, 0.15) is 99.1 Å². The van der Waals surface area contributed by atoms with E-state index in [1.54, 1.807) is 6.33 Å². The van der Waals surface area contributed by atoms with Gasteiger partial charge in [-0.3, -0.25) is 9.78 Å². The summed E-state index contributed by atoms with van der Waals surface area (Å²) in [5.41, 5.74) is 7.35. The predicted molar refractivity (Wildman–Crippen MR) is 203 cm³/mol. The Morgan fingerprint density at radius 2 is 1.43 bits per heavy atom. The van der Waals surface area contributed by atoms with Gasteiger partial charge in [0.2, 0.25) is 0 Å². The molecule has 49 heavy (non-hydrogen) atoms. The van der Waals surface area contributed by atoms with Crippen molar-refractivity contribution < 1.29 is 30.0 Å². The van der Waals surface area contributed by atoms with Gasteiger partial charge in [-0.1, -0.05) is 117 Å². The van der Waals surface area contributed by atoms with E-state index in [1.165, 1.54) is 33.5 Å². The van der Waals surface area contributed by atoms with Gasteiger partial charge < -0.3 is 5.11 Å². The first-order chi connectivity index (χ1) is 22.7. The Labute approximate surface area is 307 Å². The molecule has 5 aromatic rings. The second-order valence-electron chi connectivity index (χ2n) is 14.6. The number of carbonyl (C=O) groups is 1. The van der Waals surface area contributed by atoms with Crippen LogP contribution in [0, 0.1) is 23.8 Å². The summed E-state index contributed by atoms with van der Waals surface area (Å²) >= 11 is 0. The monoisotopic (exact) mass is 834 g/mol. The van der Waals surface area contributed by atoms with Gasteiger partial charge in [-0.15, -0.1) is 35.4 Å². The Morgan fingerprint density at radius 3 is 2.02 bits per heavy atom. The molecule has 0 saturated carbocycles. The average Bonchev–Trinajstić information content (AvgIpc) is 3.10. The van der Waals surface area contributed by atoms with Crippen LogP contribution in [-0.2, 0) is 30.3 Å². The maximum Gasteiger partial charge on any atom is 0.164 e. The molecule has 5 rings (SSSR count). The van der Waals surface area contributed by atoms with Gasteiger partial charge in [-0.2, -0.15) is 0 Å². The Kier molecular flexibility index (Phi) is 13.3. The van der Waals surface area contributed by atoms with E-state index >= 15 is 0 Å². The predicted octanol–water partition coefficient (Wildman–Crippen LogP) is 12.2. The first-order valence-electron chi connectivity index (χ1n) is 17.4. The minimum Gasteiger partial charge on any atom is -0.512 e. The van der Waals surface area contributed by atoms with Crippen LogP contribution >= 0.6 is 0 Å². The smallest absolute Gasteiger partial charge is 0.164 e. The molecule has 0 spiro atoms. The van der Waals surface area contributed by atoms with E-state index in [-0.39, 0.29) is 47.9 Å². The van der Waals surface area contributed by atoms with Gasteiger partial charge in [0.05, 0.1) is 5.52 Å². The zero-order valence-corrected chi connectivity index (χ0v) is 33.4. The fraction of sp³-hybridized carbons (Fsp3) is 0.386. The van der Waals surface area contributed by atoms with Gasteiger partial charge in [-0.05, 0) is 71.2 Å². The SMILES string of the molecule is CCC(C)(CC)C(=O)/C=C(\O)C(C)(CC)CC.Cc1cc(C(C)(C)C)cc2ccc3c(-c4[c-]ccc(-c5ccccc5)c4)ncnc3c12.[Ir]. The number of aryl methyl sites for hydroxylation is 1. The van der Waals surface area contributed by atoms with E-state index < -0.39 is 0 Å². The summed E-state index contributed by atoms with van der Waals surface area (Å²) in [5.74, 6) is 0.286. The number of hydrogen-bond acceptors (Lipinski definition) is 4. The third-order valence-corrected chi connectivity index (χ3v) is 10.5. The number of ketones is 1. The van der Waals surface area contributed by atoms with Crippen LogP contribution < -0.4 is 0 Å². The standard InChI is InChI=1S/C29H25N2.C15H28O2.Ir/c1-19-15-24(29(2,3)4)17-22-13-14-25-27(30-18-31-28(25)26(19)22)23-12-8-11-21(16-23)20-9-6-5-7-10-20;1-7-14(5,8-2)12(16)11-13(17)15(6,9-3)10-4;/h5-11,13-18H,1-4H3;11,16H,7-10H2,1-6H3;/q-1;;/b;12-11-;. The number of nitrogens with zero attached hydrogens (tertiary/aromatic N) is 2. The van der Waals surface area contributed by atoms with Gasteiger partial charge >= 0.3 is 0 Å². The second kappa shape index (κ2) is 16.4. The Balaban J connectivity index is 0.000000312. The van der Waals surface area contributed by atoms with E-state index in [2.05, 4.69) is 99.4 Å². The zero-order chi connectivity index (χ0) is 35.3. The van der Waals surface area contributed by atoms with Crippen molar-refractivity contribution >= 4 is 27.5 Å². The summed E-state index contributed by atoms with van der Waals surface area (Å²) < 4.78 is 0. The van der Waals surface area contributed by atoms with Crippen LogP contribution in [0.3, 0.4) is 0 Å². The summed E-state index contributed by atoms with van der Waals surface area (Å²) in [7, 11) is 0. The van der Waals surface area contributed by atoms with Gasteiger partial charge in [-0.25, -0.2) is 4.98 Å². The van der Waals surface area contributed by atoms with E-state index in [0.29, 0.717) is 0 Å². The molecule has 0 aliphatic carbocycles. The number of fused-ring (bicyclic) bond motifs is 3. The third kappa shape index (κ3) is 8.74. The molecule has 5 heteroatoms. The molecule has 0 atom stereocenters. The number of aliphatic hydroxyl groups excluding tert-OH is 1.